The number of aryl methyl sites for hydroxylation is 1. The van der Waals surface area contributed by atoms with Crippen LogP contribution in [0.2, 0.25) is 0 Å². The number of thioether (sulfide) groups is 1. The molecule has 4 nitrogen and oxygen atoms in total. The Morgan fingerprint density at radius 2 is 1.34 bits per heavy atom. The Hall–Kier alpha value is -5.13. The molecule has 1 aliphatic rings. The van der Waals surface area contributed by atoms with Crippen molar-refractivity contribution in [3.63, 3.8) is 0 Å². The van der Waals surface area contributed by atoms with Crippen molar-refractivity contribution in [1.82, 2.24) is 9.55 Å². The number of pyridine rings is 1. The van der Waals surface area contributed by atoms with Crippen LogP contribution in [0.15, 0.2) is 139 Å². The number of aliphatic imine (C=N–C) groups is 1. The molecule has 0 spiro atoms. The van der Waals surface area contributed by atoms with Gasteiger partial charge in [0.25, 0.3) is 0 Å². The van der Waals surface area contributed by atoms with Gasteiger partial charge in [-0.05, 0) is 100 Å². The van der Waals surface area contributed by atoms with Gasteiger partial charge in [0.1, 0.15) is 17.3 Å². The second-order valence-corrected chi connectivity index (χ2v) is 17.4. The minimum absolute atomic E-state index is 0.00107. The number of hydrogen-bond donors (Lipinski definition) is 0. The van der Waals surface area contributed by atoms with Crippen LogP contribution in [0.3, 0.4) is 0 Å². The van der Waals surface area contributed by atoms with Crippen molar-refractivity contribution in [2.45, 2.75) is 71.3 Å². The fraction of sp³-hybridized carbons (Fsp3) is 0.250. The van der Waals surface area contributed by atoms with Crippen molar-refractivity contribution in [3.8, 4) is 17.3 Å². The Balaban J connectivity index is 1.17. The third-order valence-electron chi connectivity index (χ3n) is 10.4. The van der Waals surface area contributed by atoms with Gasteiger partial charge in [0.05, 0.1) is 22.1 Å². The standard InChI is InChI=1S/C48H47N3OS/c1-31-24-34(46-50-41(30-53-46)45(32-14-10-8-11-15-32)33-16-12-9-13-17-33)26-38(25-31)52-37-19-20-39-40-27-35(47(2,3)4)18-21-42(40)51(43(39)29-37)44-28-36(22-23-49-44)48(5,6)7/h8-29,41,45H,30H2,1-7H3/t41-/m0/s1. The molecule has 0 amide bonds. The lowest BCUT2D eigenvalue weighted by Crippen LogP contribution is -2.18. The molecule has 266 valence electrons. The number of aromatic nitrogens is 2. The molecular formula is C48H47N3OS. The highest BCUT2D eigenvalue weighted by atomic mass is 32.2. The Labute approximate surface area is 318 Å². The number of ether oxygens (including phenoxy) is 1. The summed E-state index contributed by atoms with van der Waals surface area (Å²) in [6, 6.07) is 45.9. The highest BCUT2D eigenvalue weighted by Crippen LogP contribution is 2.40. The number of hydrogen-bond acceptors (Lipinski definition) is 4. The normalized spacial score (nSPS) is 15.0. The molecule has 3 heterocycles. The SMILES string of the molecule is Cc1cc(Oc2ccc3c4cc(C(C)(C)C)ccc4n(-c4cc(C(C)(C)C)ccn4)c3c2)cc(C2=N[C@H](C(c3ccccc3)c3ccccc3)CS2)c1. The molecule has 0 saturated heterocycles. The largest absolute Gasteiger partial charge is 0.457 e. The van der Waals surface area contributed by atoms with Crippen LogP contribution in [0.5, 0.6) is 11.5 Å². The van der Waals surface area contributed by atoms with E-state index in [1.165, 1.54) is 33.0 Å². The fourth-order valence-corrected chi connectivity index (χ4v) is 8.62. The predicted molar refractivity (Wildman–Crippen MR) is 225 cm³/mol. The van der Waals surface area contributed by atoms with Gasteiger partial charge in [-0.25, -0.2) is 4.98 Å². The molecular weight excluding hydrogens is 667 g/mol. The van der Waals surface area contributed by atoms with Crippen LogP contribution in [-0.2, 0) is 10.8 Å². The van der Waals surface area contributed by atoms with Crippen LogP contribution in [0.25, 0.3) is 27.6 Å². The lowest BCUT2D eigenvalue weighted by Gasteiger charge is -2.22. The molecule has 1 aliphatic heterocycles. The first kappa shape index (κ1) is 34.9. The molecule has 2 aromatic heterocycles. The van der Waals surface area contributed by atoms with Crippen molar-refractivity contribution >= 4 is 38.6 Å². The molecule has 53 heavy (non-hydrogen) atoms. The summed E-state index contributed by atoms with van der Waals surface area (Å²) < 4.78 is 9.02. The minimum Gasteiger partial charge on any atom is -0.457 e. The van der Waals surface area contributed by atoms with Crippen molar-refractivity contribution in [2.24, 2.45) is 4.99 Å². The summed E-state index contributed by atoms with van der Waals surface area (Å²) in [5.41, 5.74) is 9.62. The van der Waals surface area contributed by atoms with Gasteiger partial charge in [-0.1, -0.05) is 108 Å². The van der Waals surface area contributed by atoms with Crippen LogP contribution < -0.4 is 4.74 Å². The third kappa shape index (κ3) is 7.03. The predicted octanol–water partition coefficient (Wildman–Crippen LogP) is 12.6. The molecule has 0 unspecified atom stereocenters. The van der Waals surface area contributed by atoms with E-state index in [0.29, 0.717) is 0 Å². The average Bonchev–Trinajstić information content (AvgIpc) is 3.74. The maximum Gasteiger partial charge on any atom is 0.137 e. The molecule has 0 N–H and O–H groups in total. The van der Waals surface area contributed by atoms with E-state index in [2.05, 4.69) is 180 Å². The maximum absolute atomic E-state index is 6.73. The highest BCUT2D eigenvalue weighted by Gasteiger charge is 2.30. The van der Waals surface area contributed by atoms with Crippen LogP contribution in [0.4, 0.5) is 0 Å². The second kappa shape index (κ2) is 13.7. The first-order chi connectivity index (χ1) is 25.4. The molecule has 0 aliphatic carbocycles. The zero-order chi connectivity index (χ0) is 36.9. The lowest BCUT2D eigenvalue weighted by molar-refractivity contribution is 0.483. The first-order valence-electron chi connectivity index (χ1n) is 18.6. The van der Waals surface area contributed by atoms with E-state index in [-0.39, 0.29) is 22.8 Å². The van der Waals surface area contributed by atoms with E-state index < -0.39 is 0 Å². The van der Waals surface area contributed by atoms with E-state index >= 15 is 0 Å². The van der Waals surface area contributed by atoms with Gasteiger partial charge in [-0.15, -0.1) is 11.8 Å². The van der Waals surface area contributed by atoms with Gasteiger partial charge in [0.15, 0.2) is 0 Å². The first-order valence-corrected chi connectivity index (χ1v) is 19.6. The quantitative estimate of drug-likeness (QED) is 0.165. The summed E-state index contributed by atoms with van der Waals surface area (Å²) >= 11 is 1.84. The minimum atomic E-state index is -0.00107. The summed E-state index contributed by atoms with van der Waals surface area (Å²) in [4.78, 5) is 10.3. The van der Waals surface area contributed by atoms with Crippen LogP contribution >= 0.6 is 11.8 Å². The smallest absolute Gasteiger partial charge is 0.137 e. The van der Waals surface area contributed by atoms with Crippen LogP contribution in [0.1, 0.15) is 80.8 Å². The molecule has 5 heteroatoms. The summed E-state index contributed by atoms with van der Waals surface area (Å²) in [5, 5.41) is 3.46. The third-order valence-corrected chi connectivity index (χ3v) is 11.5. The van der Waals surface area contributed by atoms with Gasteiger partial charge in [0.2, 0.25) is 0 Å². The van der Waals surface area contributed by atoms with E-state index in [4.69, 9.17) is 14.7 Å². The number of benzene rings is 5. The molecule has 8 rings (SSSR count). The fourth-order valence-electron chi connectivity index (χ4n) is 7.53. The van der Waals surface area contributed by atoms with Gasteiger partial charge >= 0.3 is 0 Å². The van der Waals surface area contributed by atoms with Gasteiger partial charge in [0, 0.05) is 40.3 Å². The van der Waals surface area contributed by atoms with Gasteiger partial charge in [-0.3, -0.25) is 9.56 Å². The van der Waals surface area contributed by atoms with Gasteiger partial charge in [-0.2, -0.15) is 0 Å². The topological polar surface area (TPSA) is 39.4 Å². The summed E-state index contributed by atoms with van der Waals surface area (Å²) in [7, 11) is 0. The summed E-state index contributed by atoms with van der Waals surface area (Å²) in [6.45, 7) is 15.7. The zero-order valence-electron chi connectivity index (χ0n) is 31.7. The highest BCUT2D eigenvalue weighted by molar-refractivity contribution is 8.14. The van der Waals surface area contributed by atoms with E-state index in [9.17, 15) is 0 Å². The molecule has 7 aromatic rings. The maximum atomic E-state index is 6.73. The molecule has 0 bridgehead atoms. The average molecular weight is 714 g/mol. The van der Waals surface area contributed by atoms with Crippen LogP contribution in [-0.4, -0.2) is 26.4 Å². The summed E-state index contributed by atoms with van der Waals surface area (Å²) in [6.07, 6.45) is 1.93. The van der Waals surface area contributed by atoms with Gasteiger partial charge < -0.3 is 4.74 Å². The second-order valence-electron chi connectivity index (χ2n) is 16.4. The Morgan fingerprint density at radius 3 is 2.02 bits per heavy atom. The molecule has 0 saturated carbocycles. The van der Waals surface area contributed by atoms with E-state index in [0.717, 1.165) is 50.3 Å². The molecule has 1 atom stereocenters. The van der Waals surface area contributed by atoms with Crippen molar-refractivity contribution in [2.75, 3.05) is 5.75 Å². The summed E-state index contributed by atoms with van der Waals surface area (Å²) in [5.74, 6) is 3.62. The van der Waals surface area contributed by atoms with Crippen LogP contribution in [0, 0.1) is 6.92 Å². The Kier molecular flexibility index (Phi) is 9.02. The number of nitrogens with zero attached hydrogens (tertiary/aromatic N) is 3. The van der Waals surface area contributed by atoms with Crippen molar-refractivity contribution in [1.29, 1.82) is 0 Å². The van der Waals surface area contributed by atoms with E-state index in [1.54, 1.807) is 0 Å². The number of rotatable bonds is 7. The molecule has 0 radical (unpaired) electrons. The lowest BCUT2D eigenvalue weighted by atomic mass is 9.86. The molecule has 5 aromatic carbocycles. The monoisotopic (exact) mass is 713 g/mol. The molecule has 0 fully saturated rings. The Bertz CT molecular complexity index is 2430. The van der Waals surface area contributed by atoms with Crippen molar-refractivity contribution in [3.05, 3.63) is 167 Å². The Morgan fingerprint density at radius 1 is 0.660 bits per heavy atom. The van der Waals surface area contributed by atoms with Crippen molar-refractivity contribution < 1.29 is 4.74 Å². The zero-order valence-corrected chi connectivity index (χ0v) is 32.5. The number of fused-ring (bicyclic) bond motifs is 3. The van der Waals surface area contributed by atoms with E-state index in [1.807, 2.05) is 18.0 Å².